The second-order valence-corrected chi connectivity index (χ2v) is 4.39. The molecule has 2 heterocycles. The molecule has 0 aliphatic rings. The van der Waals surface area contributed by atoms with Crippen molar-refractivity contribution in [1.82, 2.24) is 14.8 Å². The Morgan fingerprint density at radius 1 is 1.29 bits per heavy atom. The molecule has 0 atom stereocenters. The van der Waals surface area contributed by atoms with E-state index in [1.165, 1.54) is 5.56 Å². The van der Waals surface area contributed by atoms with Crippen molar-refractivity contribution in [2.75, 3.05) is 0 Å². The SMILES string of the molecule is Cc1nn(-c2cccc(C(N)=S)n2)c(C)c1C. The summed E-state index contributed by atoms with van der Waals surface area (Å²) in [6.45, 7) is 6.05. The van der Waals surface area contributed by atoms with Crippen LogP contribution in [0.2, 0.25) is 0 Å². The fraction of sp³-hybridized carbons (Fsp3) is 0.250. The highest BCUT2D eigenvalue weighted by Crippen LogP contribution is 2.15. The van der Waals surface area contributed by atoms with Crippen LogP contribution in [-0.2, 0) is 0 Å². The zero-order valence-electron chi connectivity index (χ0n) is 10.1. The summed E-state index contributed by atoms with van der Waals surface area (Å²) in [7, 11) is 0. The predicted octanol–water partition coefficient (Wildman–Crippen LogP) is 1.83. The molecule has 0 fully saturated rings. The smallest absolute Gasteiger partial charge is 0.154 e. The van der Waals surface area contributed by atoms with E-state index in [9.17, 15) is 0 Å². The standard InChI is InChI=1S/C12H14N4S/c1-7-8(2)15-16(9(7)3)11-6-4-5-10(14-11)12(13)17/h4-6H,1-3H3,(H2,13,17). The van der Waals surface area contributed by atoms with Gasteiger partial charge >= 0.3 is 0 Å². The summed E-state index contributed by atoms with van der Waals surface area (Å²) in [5, 5.41) is 4.45. The summed E-state index contributed by atoms with van der Waals surface area (Å²) in [4.78, 5) is 4.69. The molecular weight excluding hydrogens is 232 g/mol. The van der Waals surface area contributed by atoms with Crippen molar-refractivity contribution < 1.29 is 0 Å². The molecule has 88 valence electrons. The Labute approximate surface area is 105 Å². The summed E-state index contributed by atoms with van der Waals surface area (Å²) in [5.74, 6) is 0.740. The molecule has 17 heavy (non-hydrogen) atoms. The van der Waals surface area contributed by atoms with Gasteiger partial charge < -0.3 is 5.73 Å². The number of nitrogens with zero attached hydrogens (tertiary/aromatic N) is 3. The van der Waals surface area contributed by atoms with Crippen LogP contribution in [0.3, 0.4) is 0 Å². The minimum atomic E-state index is 0.296. The van der Waals surface area contributed by atoms with Crippen molar-refractivity contribution >= 4 is 17.2 Å². The Hall–Kier alpha value is -1.75. The molecule has 0 amide bonds. The zero-order valence-corrected chi connectivity index (χ0v) is 10.9. The number of aromatic nitrogens is 3. The van der Waals surface area contributed by atoms with Crippen molar-refractivity contribution in [2.45, 2.75) is 20.8 Å². The summed E-state index contributed by atoms with van der Waals surface area (Å²) < 4.78 is 1.81. The third-order valence-corrected chi connectivity index (χ3v) is 3.07. The molecule has 5 heteroatoms. The third-order valence-electron chi connectivity index (χ3n) is 2.86. The van der Waals surface area contributed by atoms with E-state index in [1.807, 2.05) is 37.6 Å². The number of hydrogen-bond acceptors (Lipinski definition) is 3. The normalized spacial score (nSPS) is 10.5. The lowest BCUT2D eigenvalue weighted by Gasteiger charge is -2.05. The molecule has 0 aliphatic heterocycles. The van der Waals surface area contributed by atoms with Crippen LogP contribution in [0.4, 0.5) is 0 Å². The molecule has 0 unspecified atom stereocenters. The molecule has 0 bridgehead atoms. The molecule has 0 radical (unpaired) electrons. The maximum absolute atomic E-state index is 5.57. The topological polar surface area (TPSA) is 56.7 Å². The summed E-state index contributed by atoms with van der Waals surface area (Å²) in [6.07, 6.45) is 0. The molecular formula is C12H14N4S. The number of aryl methyl sites for hydroxylation is 1. The molecule has 2 rings (SSSR count). The Bertz CT molecular complexity index is 586. The second-order valence-electron chi connectivity index (χ2n) is 3.95. The van der Waals surface area contributed by atoms with Gasteiger partial charge in [-0.3, -0.25) is 0 Å². The van der Waals surface area contributed by atoms with Crippen LogP contribution in [0, 0.1) is 20.8 Å². The first-order valence-corrected chi connectivity index (χ1v) is 5.71. The summed E-state index contributed by atoms with van der Waals surface area (Å²) in [5.41, 5.74) is 9.44. The van der Waals surface area contributed by atoms with E-state index in [0.29, 0.717) is 10.7 Å². The first-order chi connectivity index (χ1) is 8.00. The number of hydrogen-bond donors (Lipinski definition) is 1. The highest BCUT2D eigenvalue weighted by atomic mass is 32.1. The quantitative estimate of drug-likeness (QED) is 0.821. The minimum Gasteiger partial charge on any atom is -0.388 e. The van der Waals surface area contributed by atoms with Crippen molar-refractivity contribution in [3.05, 3.63) is 40.8 Å². The van der Waals surface area contributed by atoms with Crippen LogP contribution in [0.5, 0.6) is 0 Å². The Balaban J connectivity index is 2.56. The van der Waals surface area contributed by atoms with Crippen molar-refractivity contribution in [1.29, 1.82) is 0 Å². The Kier molecular flexibility index (Phi) is 2.93. The van der Waals surface area contributed by atoms with Gasteiger partial charge in [0.2, 0.25) is 0 Å². The lowest BCUT2D eigenvalue weighted by atomic mass is 10.2. The van der Waals surface area contributed by atoms with Gasteiger partial charge in [0.1, 0.15) is 4.99 Å². The van der Waals surface area contributed by atoms with E-state index in [0.717, 1.165) is 17.2 Å². The second kappa shape index (κ2) is 4.25. The molecule has 0 saturated heterocycles. The number of thiocarbonyl (C=S) groups is 1. The van der Waals surface area contributed by atoms with Gasteiger partial charge in [0.15, 0.2) is 5.82 Å². The monoisotopic (exact) mass is 246 g/mol. The van der Waals surface area contributed by atoms with E-state index in [1.54, 1.807) is 6.07 Å². The largest absolute Gasteiger partial charge is 0.388 e. The fourth-order valence-corrected chi connectivity index (χ4v) is 1.74. The van der Waals surface area contributed by atoms with Crippen LogP contribution < -0.4 is 5.73 Å². The highest BCUT2D eigenvalue weighted by Gasteiger charge is 2.10. The first-order valence-electron chi connectivity index (χ1n) is 5.30. The minimum absolute atomic E-state index is 0.296. The molecule has 2 aromatic heterocycles. The maximum atomic E-state index is 5.57. The van der Waals surface area contributed by atoms with E-state index in [2.05, 4.69) is 10.1 Å². The molecule has 0 aromatic carbocycles. The summed E-state index contributed by atoms with van der Waals surface area (Å²) >= 11 is 4.92. The van der Waals surface area contributed by atoms with E-state index in [4.69, 9.17) is 18.0 Å². The molecule has 0 saturated carbocycles. The number of nitrogens with two attached hydrogens (primary N) is 1. The summed E-state index contributed by atoms with van der Waals surface area (Å²) in [6, 6.07) is 5.56. The molecule has 2 aromatic rings. The van der Waals surface area contributed by atoms with Gasteiger partial charge in [-0.05, 0) is 38.5 Å². The molecule has 0 aliphatic carbocycles. The Morgan fingerprint density at radius 3 is 2.53 bits per heavy atom. The van der Waals surface area contributed by atoms with Crippen LogP contribution in [-0.4, -0.2) is 19.8 Å². The Morgan fingerprint density at radius 2 is 2.00 bits per heavy atom. The van der Waals surface area contributed by atoms with E-state index >= 15 is 0 Å². The van der Waals surface area contributed by atoms with Crippen molar-refractivity contribution in [3.8, 4) is 5.82 Å². The van der Waals surface area contributed by atoms with Gasteiger partial charge in [0.05, 0.1) is 11.4 Å². The van der Waals surface area contributed by atoms with Gasteiger partial charge in [0, 0.05) is 5.69 Å². The van der Waals surface area contributed by atoms with E-state index < -0.39 is 0 Å². The van der Waals surface area contributed by atoms with Crippen LogP contribution in [0.15, 0.2) is 18.2 Å². The van der Waals surface area contributed by atoms with Gasteiger partial charge in [-0.25, -0.2) is 9.67 Å². The van der Waals surface area contributed by atoms with Gasteiger partial charge in [-0.1, -0.05) is 18.3 Å². The third kappa shape index (κ3) is 2.06. The van der Waals surface area contributed by atoms with Gasteiger partial charge in [-0.15, -0.1) is 0 Å². The van der Waals surface area contributed by atoms with Crippen LogP contribution in [0.1, 0.15) is 22.6 Å². The van der Waals surface area contributed by atoms with Crippen molar-refractivity contribution in [2.24, 2.45) is 5.73 Å². The molecule has 2 N–H and O–H groups in total. The highest BCUT2D eigenvalue weighted by molar-refractivity contribution is 7.80. The molecule has 0 spiro atoms. The molecule has 4 nitrogen and oxygen atoms in total. The van der Waals surface area contributed by atoms with Gasteiger partial charge in [0.25, 0.3) is 0 Å². The first kappa shape index (κ1) is 11.7. The average Bonchev–Trinajstić information content (AvgIpc) is 2.57. The average molecular weight is 246 g/mol. The zero-order chi connectivity index (χ0) is 12.6. The van der Waals surface area contributed by atoms with Crippen LogP contribution >= 0.6 is 12.2 Å². The van der Waals surface area contributed by atoms with Gasteiger partial charge in [-0.2, -0.15) is 5.10 Å². The lowest BCUT2D eigenvalue weighted by molar-refractivity contribution is 0.804. The fourth-order valence-electron chi connectivity index (χ4n) is 1.62. The number of pyridine rings is 1. The lowest BCUT2D eigenvalue weighted by Crippen LogP contribution is -2.13. The predicted molar refractivity (Wildman–Crippen MR) is 71.5 cm³/mol. The van der Waals surface area contributed by atoms with Crippen LogP contribution in [0.25, 0.3) is 5.82 Å². The van der Waals surface area contributed by atoms with Crippen molar-refractivity contribution in [3.63, 3.8) is 0 Å². The number of rotatable bonds is 2. The maximum Gasteiger partial charge on any atom is 0.154 e. The van der Waals surface area contributed by atoms with E-state index in [-0.39, 0.29) is 0 Å².